The van der Waals surface area contributed by atoms with Crippen LogP contribution in [-0.2, 0) is 0 Å². The molecule has 1 N–H and O–H groups in total. The summed E-state index contributed by atoms with van der Waals surface area (Å²) < 4.78 is 0. The van der Waals surface area contributed by atoms with Crippen molar-refractivity contribution in [3.8, 4) is 0 Å². The Bertz CT molecular complexity index is 171. The van der Waals surface area contributed by atoms with Crippen LogP contribution < -0.4 is 0 Å². The van der Waals surface area contributed by atoms with Crippen molar-refractivity contribution in [1.82, 2.24) is 4.90 Å². The van der Waals surface area contributed by atoms with Crippen LogP contribution in [0.3, 0.4) is 0 Å². The summed E-state index contributed by atoms with van der Waals surface area (Å²) in [6.45, 7) is 11.1. The molecule has 90 valence electrons. The molecule has 0 spiro atoms. The van der Waals surface area contributed by atoms with Crippen molar-refractivity contribution in [2.75, 3.05) is 26.2 Å². The highest BCUT2D eigenvalue weighted by molar-refractivity contribution is 4.77. The van der Waals surface area contributed by atoms with Crippen molar-refractivity contribution in [2.24, 2.45) is 11.3 Å². The van der Waals surface area contributed by atoms with E-state index in [0.29, 0.717) is 12.0 Å². The van der Waals surface area contributed by atoms with Gasteiger partial charge in [0, 0.05) is 13.2 Å². The summed E-state index contributed by atoms with van der Waals surface area (Å²) in [5.41, 5.74) is 0.364. The van der Waals surface area contributed by atoms with Crippen LogP contribution in [-0.4, -0.2) is 36.2 Å². The van der Waals surface area contributed by atoms with Gasteiger partial charge in [-0.15, -0.1) is 0 Å². The molecule has 0 saturated carbocycles. The van der Waals surface area contributed by atoms with Crippen LogP contribution in [0.5, 0.6) is 0 Å². The second-order valence-corrected chi connectivity index (χ2v) is 5.95. The van der Waals surface area contributed by atoms with Crippen molar-refractivity contribution in [1.29, 1.82) is 0 Å². The Morgan fingerprint density at radius 2 is 1.87 bits per heavy atom. The Balaban J connectivity index is 2.27. The Morgan fingerprint density at radius 3 is 2.40 bits per heavy atom. The molecule has 1 aliphatic rings. The summed E-state index contributed by atoms with van der Waals surface area (Å²) in [7, 11) is 0. The van der Waals surface area contributed by atoms with Gasteiger partial charge in [0.2, 0.25) is 0 Å². The molecule has 1 saturated heterocycles. The predicted molar refractivity (Wildman–Crippen MR) is 64.9 cm³/mol. The van der Waals surface area contributed by atoms with Crippen molar-refractivity contribution >= 4 is 0 Å². The summed E-state index contributed by atoms with van der Waals surface area (Å²) in [5.74, 6) is 0.918. The van der Waals surface area contributed by atoms with E-state index in [1.807, 2.05) is 0 Å². The highest BCUT2D eigenvalue weighted by atomic mass is 16.2. The third-order valence-corrected chi connectivity index (χ3v) is 3.54. The molecule has 1 aliphatic heterocycles. The van der Waals surface area contributed by atoms with Gasteiger partial charge in [0.15, 0.2) is 0 Å². The molecule has 0 unspecified atom stereocenters. The first-order valence-corrected chi connectivity index (χ1v) is 6.37. The zero-order valence-electron chi connectivity index (χ0n) is 10.6. The average molecular weight is 213 g/mol. The fourth-order valence-electron chi connectivity index (χ4n) is 2.46. The molecule has 1 fully saturated rings. The molecule has 2 nitrogen and oxygen atoms in total. The molecule has 0 aromatic carbocycles. The second kappa shape index (κ2) is 5.86. The SMILES string of the molecule is CC1CCN(CC(C)(C)CCCO)CC1. The molecule has 1 rings (SSSR count). The normalized spacial score (nSPS) is 20.8. The second-order valence-electron chi connectivity index (χ2n) is 5.95. The first kappa shape index (κ1) is 13.0. The smallest absolute Gasteiger partial charge is 0.0431 e. The summed E-state index contributed by atoms with van der Waals surface area (Å²) in [5, 5.41) is 8.86. The highest BCUT2D eigenvalue weighted by Crippen LogP contribution is 2.26. The van der Waals surface area contributed by atoms with Crippen LogP contribution in [0.2, 0.25) is 0 Å². The maximum atomic E-state index is 8.86. The van der Waals surface area contributed by atoms with Crippen molar-refractivity contribution < 1.29 is 5.11 Å². The molecule has 0 aliphatic carbocycles. The Labute approximate surface area is 94.7 Å². The van der Waals surface area contributed by atoms with Gasteiger partial charge in [0.05, 0.1) is 0 Å². The third-order valence-electron chi connectivity index (χ3n) is 3.54. The van der Waals surface area contributed by atoms with Crippen molar-refractivity contribution in [3.05, 3.63) is 0 Å². The van der Waals surface area contributed by atoms with E-state index in [9.17, 15) is 0 Å². The molecule has 0 amide bonds. The highest BCUT2D eigenvalue weighted by Gasteiger charge is 2.23. The molecule has 0 atom stereocenters. The lowest BCUT2D eigenvalue weighted by Gasteiger charge is -2.36. The van der Waals surface area contributed by atoms with Crippen LogP contribution in [0.15, 0.2) is 0 Å². The van der Waals surface area contributed by atoms with E-state index in [2.05, 4.69) is 25.7 Å². The number of hydrogen-bond donors (Lipinski definition) is 1. The van der Waals surface area contributed by atoms with Crippen LogP contribution in [0.1, 0.15) is 46.5 Å². The number of likely N-dealkylation sites (tertiary alicyclic amines) is 1. The fraction of sp³-hybridized carbons (Fsp3) is 1.00. The van der Waals surface area contributed by atoms with Crippen LogP contribution in [0.4, 0.5) is 0 Å². The van der Waals surface area contributed by atoms with Gasteiger partial charge in [0.25, 0.3) is 0 Å². The van der Waals surface area contributed by atoms with Gasteiger partial charge in [-0.05, 0) is 50.1 Å². The summed E-state index contributed by atoms with van der Waals surface area (Å²) in [6.07, 6.45) is 4.79. The van der Waals surface area contributed by atoms with E-state index in [-0.39, 0.29) is 0 Å². The molecule has 0 radical (unpaired) electrons. The largest absolute Gasteiger partial charge is 0.396 e. The Morgan fingerprint density at radius 1 is 1.27 bits per heavy atom. The number of aliphatic hydroxyl groups excluding tert-OH is 1. The van der Waals surface area contributed by atoms with Gasteiger partial charge < -0.3 is 10.0 Å². The minimum Gasteiger partial charge on any atom is -0.396 e. The number of piperidine rings is 1. The first-order valence-electron chi connectivity index (χ1n) is 6.37. The minimum atomic E-state index is 0.334. The van der Waals surface area contributed by atoms with Gasteiger partial charge in [-0.25, -0.2) is 0 Å². The van der Waals surface area contributed by atoms with Gasteiger partial charge in [-0.1, -0.05) is 20.8 Å². The molecule has 15 heavy (non-hydrogen) atoms. The van der Waals surface area contributed by atoms with E-state index < -0.39 is 0 Å². The Hall–Kier alpha value is -0.0800. The number of hydrogen-bond acceptors (Lipinski definition) is 2. The summed E-state index contributed by atoms with van der Waals surface area (Å²) in [4.78, 5) is 2.59. The number of rotatable bonds is 5. The molecule has 2 heteroatoms. The van der Waals surface area contributed by atoms with E-state index in [1.54, 1.807) is 0 Å². The van der Waals surface area contributed by atoms with Crippen molar-refractivity contribution in [3.63, 3.8) is 0 Å². The molecule has 0 bridgehead atoms. The lowest BCUT2D eigenvalue weighted by atomic mass is 9.86. The first-order chi connectivity index (χ1) is 7.03. The molecule has 0 aromatic rings. The summed E-state index contributed by atoms with van der Waals surface area (Å²) in [6, 6.07) is 0. The van der Waals surface area contributed by atoms with E-state index in [1.165, 1.54) is 32.5 Å². The maximum absolute atomic E-state index is 8.86. The molecule has 0 aromatic heterocycles. The molecular formula is C13H27NO. The number of aliphatic hydroxyl groups is 1. The zero-order valence-corrected chi connectivity index (χ0v) is 10.6. The molecule has 1 heterocycles. The fourth-order valence-corrected chi connectivity index (χ4v) is 2.46. The van der Waals surface area contributed by atoms with Crippen LogP contribution >= 0.6 is 0 Å². The quantitative estimate of drug-likeness (QED) is 0.758. The van der Waals surface area contributed by atoms with Gasteiger partial charge in [0.1, 0.15) is 0 Å². The predicted octanol–water partition coefficient (Wildman–Crippen LogP) is 2.52. The van der Waals surface area contributed by atoms with Gasteiger partial charge in [-0.2, -0.15) is 0 Å². The Kier molecular flexibility index (Phi) is 5.07. The lowest BCUT2D eigenvalue weighted by molar-refractivity contribution is 0.120. The summed E-state index contributed by atoms with van der Waals surface area (Å²) >= 11 is 0. The monoisotopic (exact) mass is 213 g/mol. The van der Waals surface area contributed by atoms with Crippen LogP contribution in [0, 0.1) is 11.3 Å². The third kappa shape index (κ3) is 4.98. The van der Waals surface area contributed by atoms with E-state index >= 15 is 0 Å². The van der Waals surface area contributed by atoms with Gasteiger partial charge in [-0.3, -0.25) is 0 Å². The molecular weight excluding hydrogens is 186 g/mol. The number of nitrogens with zero attached hydrogens (tertiary/aromatic N) is 1. The average Bonchev–Trinajstić information content (AvgIpc) is 2.18. The van der Waals surface area contributed by atoms with E-state index in [4.69, 9.17) is 5.11 Å². The lowest BCUT2D eigenvalue weighted by Crippen LogP contribution is -2.39. The zero-order chi connectivity index (χ0) is 11.3. The van der Waals surface area contributed by atoms with Crippen LogP contribution in [0.25, 0.3) is 0 Å². The van der Waals surface area contributed by atoms with E-state index in [0.717, 1.165) is 18.8 Å². The minimum absolute atomic E-state index is 0.334. The topological polar surface area (TPSA) is 23.5 Å². The van der Waals surface area contributed by atoms with Gasteiger partial charge >= 0.3 is 0 Å². The standard InChI is InChI=1S/C13H27NO/c1-12-5-8-14(9-6-12)11-13(2,3)7-4-10-15/h12,15H,4-11H2,1-3H3. The van der Waals surface area contributed by atoms with Crippen molar-refractivity contribution in [2.45, 2.75) is 46.5 Å². The maximum Gasteiger partial charge on any atom is 0.0431 e.